The van der Waals surface area contributed by atoms with E-state index < -0.39 is 0 Å². The molecule has 29 heavy (non-hydrogen) atoms. The van der Waals surface area contributed by atoms with Crippen LogP contribution >= 0.6 is 11.3 Å². The van der Waals surface area contributed by atoms with Gasteiger partial charge in [0.25, 0.3) is 0 Å². The van der Waals surface area contributed by atoms with Crippen molar-refractivity contribution >= 4 is 34.2 Å². The van der Waals surface area contributed by atoms with Crippen LogP contribution in [-0.4, -0.2) is 46.8 Å². The van der Waals surface area contributed by atoms with E-state index >= 15 is 0 Å². The van der Waals surface area contributed by atoms with Gasteiger partial charge >= 0.3 is 5.97 Å². The van der Waals surface area contributed by atoms with E-state index in [2.05, 4.69) is 31.5 Å². The van der Waals surface area contributed by atoms with Crippen LogP contribution in [0, 0.1) is 5.92 Å². The first-order valence-electron chi connectivity index (χ1n) is 10.1. The van der Waals surface area contributed by atoms with Crippen molar-refractivity contribution in [3.63, 3.8) is 0 Å². The van der Waals surface area contributed by atoms with E-state index in [1.165, 1.54) is 16.9 Å². The van der Waals surface area contributed by atoms with Gasteiger partial charge in [-0.15, -0.1) is 16.4 Å². The Labute approximate surface area is 173 Å². The highest BCUT2D eigenvalue weighted by molar-refractivity contribution is 7.13. The molecule has 0 unspecified atom stereocenters. The van der Waals surface area contributed by atoms with Crippen molar-refractivity contribution in [3.8, 4) is 0 Å². The van der Waals surface area contributed by atoms with E-state index in [4.69, 9.17) is 4.74 Å². The molecule has 1 N–H and O–H groups in total. The predicted molar refractivity (Wildman–Crippen MR) is 110 cm³/mol. The van der Waals surface area contributed by atoms with Crippen molar-refractivity contribution in [2.75, 3.05) is 29.9 Å². The fourth-order valence-electron chi connectivity index (χ4n) is 3.88. The second kappa shape index (κ2) is 8.86. The Kier molecular flexibility index (Phi) is 6.03. The first-order chi connectivity index (χ1) is 14.1. The Bertz CT molecular complexity index is 900. The van der Waals surface area contributed by atoms with Gasteiger partial charge in [-0.1, -0.05) is 0 Å². The summed E-state index contributed by atoms with van der Waals surface area (Å²) < 4.78 is 4.93. The molecule has 1 aliphatic heterocycles. The summed E-state index contributed by atoms with van der Waals surface area (Å²) >= 11 is 1.33. The van der Waals surface area contributed by atoms with Gasteiger partial charge in [-0.25, -0.2) is 4.98 Å². The zero-order chi connectivity index (χ0) is 20.2. The zero-order valence-corrected chi connectivity index (χ0v) is 17.3. The molecule has 2 aromatic rings. The molecule has 2 aliphatic rings. The van der Waals surface area contributed by atoms with E-state index in [0.717, 1.165) is 50.2 Å². The molecule has 1 atom stereocenters. The molecule has 2 aromatic heterocycles. The summed E-state index contributed by atoms with van der Waals surface area (Å²) in [6, 6.07) is 2.14. The third-order valence-electron chi connectivity index (χ3n) is 5.34. The number of aromatic nitrogens is 3. The highest BCUT2D eigenvalue weighted by atomic mass is 32.1. The summed E-state index contributed by atoms with van der Waals surface area (Å²) in [6.45, 7) is 3.63. The molecule has 1 amide bonds. The molecule has 0 aromatic carbocycles. The van der Waals surface area contributed by atoms with Crippen LogP contribution in [-0.2, 0) is 33.6 Å². The third kappa shape index (κ3) is 4.72. The van der Waals surface area contributed by atoms with Gasteiger partial charge in [0, 0.05) is 18.5 Å². The number of fused-ring (bicyclic) bond motifs is 1. The van der Waals surface area contributed by atoms with Gasteiger partial charge in [0.05, 0.1) is 30.3 Å². The van der Waals surface area contributed by atoms with Crippen LogP contribution < -0.4 is 10.2 Å². The van der Waals surface area contributed by atoms with Crippen molar-refractivity contribution in [1.29, 1.82) is 0 Å². The Morgan fingerprint density at radius 2 is 2.21 bits per heavy atom. The number of nitrogens with one attached hydrogen (secondary N) is 1. The van der Waals surface area contributed by atoms with Gasteiger partial charge < -0.3 is 15.0 Å². The average molecular weight is 416 g/mol. The number of esters is 1. The number of hydrogen-bond acceptors (Lipinski definition) is 8. The Morgan fingerprint density at radius 3 is 3.07 bits per heavy atom. The molecule has 8 nitrogen and oxygen atoms in total. The number of carbonyl (C=O) groups excluding carboxylic acids is 2. The van der Waals surface area contributed by atoms with Crippen molar-refractivity contribution < 1.29 is 14.3 Å². The van der Waals surface area contributed by atoms with Crippen molar-refractivity contribution in [2.45, 2.75) is 45.4 Å². The normalized spacial score (nSPS) is 18.4. The standard InChI is InChI=1S/C20H25N5O3S/c1-2-28-18(26)10-15-12-29-20(21-15)22-19(27)14-6-4-8-25(11-14)17-9-13-5-3-7-16(13)23-24-17/h9,12,14H,2-8,10-11H2,1H3,(H,21,22,27)/t14-/m1/s1. The maximum atomic E-state index is 12.8. The lowest BCUT2D eigenvalue weighted by Gasteiger charge is -2.32. The van der Waals surface area contributed by atoms with E-state index in [9.17, 15) is 9.59 Å². The number of anilines is 2. The van der Waals surface area contributed by atoms with Crippen LogP contribution in [0.15, 0.2) is 11.4 Å². The lowest BCUT2D eigenvalue weighted by Crippen LogP contribution is -2.41. The maximum Gasteiger partial charge on any atom is 0.311 e. The zero-order valence-electron chi connectivity index (χ0n) is 16.5. The molecule has 3 heterocycles. The molecule has 1 fully saturated rings. The number of ether oxygens (including phenoxy) is 1. The number of hydrogen-bond donors (Lipinski definition) is 1. The van der Waals surface area contributed by atoms with Crippen molar-refractivity contribution in [1.82, 2.24) is 15.2 Å². The second-order valence-electron chi connectivity index (χ2n) is 7.43. The summed E-state index contributed by atoms with van der Waals surface area (Å²) in [4.78, 5) is 30.8. The molecule has 0 spiro atoms. The molecule has 1 aliphatic carbocycles. The molecular formula is C20H25N5O3S. The first-order valence-corrected chi connectivity index (χ1v) is 11.0. The van der Waals surface area contributed by atoms with Crippen LogP contribution in [0.2, 0.25) is 0 Å². The highest BCUT2D eigenvalue weighted by Crippen LogP contribution is 2.27. The molecule has 0 radical (unpaired) electrons. The van der Waals surface area contributed by atoms with Gasteiger partial charge in [-0.3, -0.25) is 9.59 Å². The topological polar surface area (TPSA) is 97.3 Å². The van der Waals surface area contributed by atoms with Gasteiger partial charge in [-0.2, -0.15) is 5.10 Å². The SMILES string of the molecule is CCOC(=O)Cc1csc(NC(=O)[C@@H]2CCCN(c3cc4c(nn3)CCC4)C2)n1. The van der Waals surface area contributed by atoms with Gasteiger partial charge in [0.15, 0.2) is 10.9 Å². The van der Waals surface area contributed by atoms with Crippen LogP contribution in [0.4, 0.5) is 10.9 Å². The van der Waals surface area contributed by atoms with Crippen LogP contribution in [0.1, 0.15) is 43.1 Å². The van der Waals surface area contributed by atoms with Gasteiger partial charge in [0.1, 0.15) is 0 Å². The Hall–Kier alpha value is -2.55. The minimum absolute atomic E-state index is 0.0409. The fourth-order valence-corrected chi connectivity index (χ4v) is 4.60. The lowest BCUT2D eigenvalue weighted by atomic mass is 9.97. The average Bonchev–Trinajstić information content (AvgIpc) is 3.37. The summed E-state index contributed by atoms with van der Waals surface area (Å²) in [6.07, 6.45) is 5.11. The third-order valence-corrected chi connectivity index (χ3v) is 6.14. The van der Waals surface area contributed by atoms with E-state index in [-0.39, 0.29) is 24.2 Å². The van der Waals surface area contributed by atoms with Crippen LogP contribution in [0.3, 0.4) is 0 Å². The molecule has 1 saturated heterocycles. The smallest absolute Gasteiger partial charge is 0.311 e. The van der Waals surface area contributed by atoms with Crippen LogP contribution in [0.5, 0.6) is 0 Å². The monoisotopic (exact) mass is 415 g/mol. The highest BCUT2D eigenvalue weighted by Gasteiger charge is 2.28. The molecule has 4 rings (SSSR count). The number of piperidine rings is 1. The summed E-state index contributed by atoms with van der Waals surface area (Å²) in [5, 5.41) is 14.0. The molecule has 0 bridgehead atoms. The molecular weight excluding hydrogens is 390 g/mol. The number of aryl methyl sites for hydroxylation is 2. The van der Waals surface area contributed by atoms with Crippen molar-refractivity contribution in [2.24, 2.45) is 5.92 Å². The summed E-state index contributed by atoms with van der Waals surface area (Å²) in [5.74, 6) is 0.389. The first kappa shape index (κ1) is 19.8. The summed E-state index contributed by atoms with van der Waals surface area (Å²) in [5.41, 5.74) is 3.02. The number of carbonyl (C=O) groups is 2. The summed E-state index contributed by atoms with van der Waals surface area (Å²) in [7, 11) is 0. The van der Waals surface area contributed by atoms with E-state index in [0.29, 0.717) is 24.0 Å². The van der Waals surface area contributed by atoms with Gasteiger partial charge in [-0.05, 0) is 50.7 Å². The number of thiazole rings is 1. The largest absolute Gasteiger partial charge is 0.466 e. The maximum absolute atomic E-state index is 12.8. The number of rotatable bonds is 6. The number of nitrogens with zero attached hydrogens (tertiary/aromatic N) is 4. The van der Waals surface area contributed by atoms with Crippen molar-refractivity contribution in [3.05, 3.63) is 28.4 Å². The quantitative estimate of drug-likeness (QED) is 0.724. The molecule has 154 valence electrons. The van der Waals surface area contributed by atoms with Gasteiger partial charge in [0.2, 0.25) is 5.91 Å². The van der Waals surface area contributed by atoms with Crippen LogP contribution in [0.25, 0.3) is 0 Å². The van der Waals surface area contributed by atoms with E-state index in [1.54, 1.807) is 12.3 Å². The Morgan fingerprint density at radius 1 is 1.31 bits per heavy atom. The number of amides is 1. The minimum atomic E-state index is -0.311. The predicted octanol–water partition coefficient (Wildman–Crippen LogP) is 2.38. The lowest BCUT2D eigenvalue weighted by molar-refractivity contribution is -0.142. The fraction of sp³-hybridized carbons (Fsp3) is 0.550. The second-order valence-corrected chi connectivity index (χ2v) is 8.29. The van der Waals surface area contributed by atoms with E-state index in [1.807, 2.05) is 0 Å². The Balaban J connectivity index is 1.35. The minimum Gasteiger partial charge on any atom is -0.466 e. The molecule has 9 heteroatoms. The molecule has 0 saturated carbocycles.